The number of aromatic nitrogens is 4. The summed E-state index contributed by atoms with van der Waals surface area (Å²) in [4.78, 5) is 34.4. The molecule has 1 amide bonds. The zero-order valence-corrected chi connectivity index (χ0v) is 20.0. The summed E-state index contributed by atoms with van der Waals surface area (Å²) in [6.07, 6.45) is 2.17. The molecule has 1 aliphatic heterocycles. The number of anilines is 1. The molecule has 0 N–H and O–H groups in total. The Morgan fingerprint density at radius 3 is 2.27 bits per heavy atom. The molecule has 0 bridgehead atoms. The topological polar surface area (TPSA) is 75.1 Å². The van der Waals surface area contributed by atoms with E-state index in [0.29, 0.717) is 54.6 Å². The zero-order chi connectivity index (χ0) is 26.0. The Balaban J connectivity index is 1.44. The van der Waals surface area contributed by atoms with E-state index in [9.17, 15) is 18.0 Å². The number of carbonyl (C=O) groups is 1. The van der Waals surface area contributed by atoms with Gasteiger partial charge in [-0.3, -0.25) is 19.7 Å². The second kappa shape index (κ2) is 9.96. The van der Waals surface area contributed by atoms with E-state index < -0.39 is 11.7 Å². The normalized spacial score (nSPS) is 14.1. The average Bonchev–Trinajstić information content (AvgIpc) is 2.93. The highest BCUT2D eigenvalue weighted by atomic mass is 19.4. The molecule has 1 saturated heterocycles. The number of carbonyl (C=O) groups excluding carboxylic acids is 1. The minimum absolute atomic E-state index is 0.114. The molecule has 4 heterocycles. The summed E-state index contributed by atoms with van der Waals surface area (Å²) in [6.45, 7) is 4.02. The third-order valence-electron chi connectivity index (χ3n) is 6.30. The zero-order valence-electron chi connectivity index (χ0n) is 20.0. The highest BCUT2D eigenvalue weighted by molar-refractivity contribution is 5.92. The van der Waals surface area contributed by atoms with E-state index in [1.807, 2.05) is 17.9 Å². The van der Waals surface area contributed by atoms with Gasteiger partial charge in [0.1, 0.15) is 11.5 Å². The van der Waals surface area contributed by atoms with Crippen molar-refractivity contribution in [2.24, 2.45) is 0 Å². The van der Waals surface area contributed by atoms with Crippen LogP contribution in [-0.2, 0) is 6.18 Å². The van der Waals surface area contributed by atoms with Gasteiger partial charge in [-0.15, -0.1) is 0 Å². The van der Waals surface area contributed by atoms with Crippen LogP contribution in [0.25, 0.3) is 22.5 Å². The third kappa shape index (κ3) is 5.13. The summed E-state index contributed by atoms with van der Waals surface area (Å²) in [6, 6.07) is 12.0. The van der Waals surface area contributed by atoms with Crippen LogP contribution in [0, 0.1) is 6.92 Å². The minimum Gasteiger partial charge on any atom is -0.352 e. The molecule has 10 heteroatoms. The molecule has 0 spiro atoms. The standard InChI is InChI=1S/C27H23F3N6O/c1-18-16-31-11-9-21(18)25-24(19-5-7-20(8-6-19)27(28,29)30)33-17-23(34-25)35-12-14-36(15-13-35)26(37)22-4-2-3-10-32-22/h2-11,16-17H,12-15H2,1H3. The molecule has 0 atom stereocenters. The minimum atomic E-state index is -4.42. The van der Waals surface area contributed by atoms with Crippen LogP contribution in [0.4, 0.5) is 19.0 Å². The van der Waals surface area contributed by atoms with Crippen LogP contribution in [0.5, 0.6) is 0 Å². The van der Waals surface area contributed by atoms with Crippen molar-refractivity contribution in [3.63, 3.8) is 0 Å². The first-order valence-electron chi connectivity index (χ1n) is 11.7. The molecule has 0 unspecified atom stereocenters. The molecule has 37 heavy (non-hydrogen) atoms. The van der Waals surface area contributed by atoms with Crippen molar-refractivity contribution in [2.45, 2.75) is 13.1 Å². The smallest absolute Gasteiger partial charge is 0.352 e. The molecule has 0 radical (unpaired) electrons. The number of rotatable bonds is 4. The number of piperazine rings is 1. The SMILES string of the molecule is Cc1cnccc1-c1nc(N2CCN(C(=O)c3ccccn3)CC2)cnc1-c1ccc(C(F)(F)F)cc1. The Morgan fingerprint density at radius 1 is 0.865 bits per heavy atom. The van der Waals surface area contributed by atoms with Crippen LogP contribution in [0.3, 0.4) is 0 Å². The van der Waals surface area contributed by atoms with E-state index in [0.717, 1.165) is 23.3 Å². The quantitative estimate of drug-likeness (QED) is 0.394. The van der Waals surface area contributed by atoms with Gasteiger partial charge in [0.25, 0.3) is 5.91 Å². The summed E-state index contributed by atoms with van der Waals surface area (Å²) < 4.78 is 39.3. The monoisotopic (exact) mass is 504 g/mol. The van der Waals surface area contributed by atoms with Gasteiger partial charge in [-0.25, -0.2) is 4.98 Å². The molecule has 0 aliphatic carbocycles. The van der Waals surface area contributed by atoms with E-state index in [1.54, 1.807) is 47.9 Å². The van der Waals surface area contributed by atoms with E-state index in [1.165, 1.54) is 12.1 Å². The van der Waals surface area contributed by atoms with Crippen molar-refractivity contribution in [1.82, 2.24) is 24.8 Å². The lowest BCUT2D eigenvalue weighted by molar-refractivity contribution is -0.137. The van der Waals surface area contributed by atoms with E-state index in [2.05, 4.69) is 15.0 Å². The first-order valence-corrected chi connectivity index (χ1v) is 11.7. The molecular weight excluding hydrogens is 481 g/mol. The van der Waals surface area contributed by atoms with Crippen molar-refractivity contribution >= 4 is 11.7 Å². The lowest BCUT2D eigenvalue weighted by Crippen LogP contribution is -2.49. The highest BCUT2D eigenvalue weighted by Crippen LogP contribution is 2.35. The third-order valence-corrected chi connectivity index (χ3v) is 6.30. The van der Waals surface area contributed by atoms with Gasteiger partial charge in [0.05, 0.1) is 23.1 Å². The maximum Gasteiger partial charge on any atom is 0.416 e. The number of nitrogens with zero attached hydrogens (tertiary/aromatic N) is 6. The number of alkyl halides is 3. The largest absolute Gasteiger partial charge is 0.416 e. The molecule has 4 aromatic rings. The van der Waals surface area contributed by atoms with Gasteiger partial charge < -0.3 is 9.80 Å². The fourth-order valence-corrected chi connectivity index (χ4v) is 4.28. The summed E-state index contributed by atoms with van der Waals surface area (Å²) >= 11 is 0. The fourth-order valence-electron chi connectivity index (χ4n) is 4.28. The van der Waals surface area contributed by atoms with Crippen LogP contribution >= 0.6 is 0 Å². The Labute approximate surface area is 211 Å². The predicted molar refractivity (Wildman–Crippen MR) is 133 cm³/mol. The van der Waals surface area contributed by atoms with Gasteiger partial charge in [-0.05, 0) is 42.8 Å². The molecule has 1 aromatic carbocycles. The summed E-state index contributed by atoms with van der Waals surface area (Å²) in [5, 5.41) is 0. The predicted octanol–water partition coefficient (Wildman–Crippen LogP) is 4.89. The van der Waals surface area contributed by atoms with Gasteiger partial charge in [0.15, 0.2) is 0 Å². The van der Waals surface area contributed by atoms with E-state index in [-0.39, 0.29) is 5.91 Å². The van der Waals surface area contributed by atoms with Gasteiger partial charge in [0, 0.05) is 55.9 Å². The van der Waals surface area contributed by atoms with Crippen LogP contribution in [0.2, 0.25) is 0 Å². The second-order valence-corrected chi connectivity index (χ2v) is 8.69. The van der Waals surface area contributed by atoms with Gasteiger partial charge in [-0.1, -0.05) is 18.2 Å². The van der Waals surface area contributed by atoms with Crippen LogP contribution in [0.1, 0.15) is 21.6 Å². The maximum absolute atomic E-state index is 13.1. The number of hydrogen-bond acceptors (Lipinski definition) is 6. The Bertz CT molecular complexity index is 1400. The molecule has 188 valence electrons. The number of amides is 1. The molecule has 3 aromatic heterocycles. The molecule has 1 aliphatic rings. The first-order chi connectivity index (χ1) is 17.8. The molecule has 5 rings (SSSR count). The average molecular weight is 505 g/mol. The van der Waals surface area contributed by atoms with Crippen LogP contribution in [-0.4, -0.2) is 56.9 Å². The van der Waals surface area contributed by atoms with Crippen LogP contribution in [0.15, 0.2) is 73.3 Å². The van der Waals surface area contributed by atoms with Crippen molar-refractivity contribution in [2.75, 3.05) is 31.1 Å². The van der Waals surface area contributed by atoms with Crippen molar-refractivity contribution in [3.05, 3.63) is 90.1 Å². The molecule has 7 nitrogen and oxygen atoms in total. The van der Waals surface area contributed by atoms with Gasteiger partial charge in [-0.2, -0.15) is 13.2 Å². The maximum atomic E-state index is 13.1. The molecule has 0 saturated carbocycles. The van der Waals surface area contributed by atoms with Crippen LogP contribution < -0.4 is 4.90 Å². The highest BCUT2D eigenvalue weighted by Gasteiger charge is 2.30. The summed E-state index contributed by atoms with van der Waals surface area (Å²) in [7, 11) is 0. The first kappa shape index (κ1) is 24.4. The number of aryl methyl sites for hydroxylation is 1. The Hall–Kier alpha value is -4.34. The molecule has 1 fully saturated rings. The summed E-state index contributed by atoms with van der Waals surface area (Å²) in [5.74, 6) is 0.517. The number of hydrogen-bond donors (Lipinski definition) is 0. The van der Waals surface area contributed by atoms with Crippen molar-refractivity contribution in [1.29, 1.82) is 0 Å². The number of halogens is 3. The number of benzene rings is 1. The number of pyridine rings is 2. The summed E-state index contributed by atoms with van der Waals surface area (Å²) in [5.41, 5.74) is 2.92. The Morgan fingerprint density at radius 2 is 1.62 bits per heavy atom. The van der Waals surface area contributed by atoms with Crippen molar-refractivity contribution in [3.8, 4) is 22.5 Å². The second-order valence-electron chi connectivity index (χ2n) is 8.69. The molecular formula is C27H23F3N6O. The van der Waals surface area contributed by atoms with E-state index >= 15 is 0 Å². The van der Waals surface area contributed by atoms with Crippen molar-refractivity contribution < 1.29 is 18.0 Å². The van der Waals surface area contributed by atoms with Gasteiger partial charge in [0.2, 0.25) is 0 Å². The lowest BCUT2D eigenvalue weighted by Gasteiger charge is -2.35. The van der Waals surface area contributed by atoms with E-state index in [4.69, 9.17) is 4.98 Å². The fraction of sp³-hybridized carbons (Fsp3) is 0.222. The lowest BCUT2D eigenvalue weighted by atomic mass is 10.0. The van der Waals surface area contributed by atoms with Gasteiger partial charge >= 0.3 is 6.18 Å². The Kier molecular flexibility index (Phi) is 6.56.